The van der Waals surface area contributed by atoms with Gasteiger partial charge in [-0.2, -0.15) is 0 Å². The van der Waals surface area contributed by atoms with Crippen molar-refractivity contribution < 1.29 is 15.0 Å². The van der Waals surface area contributed by atoms with Gasteiger partial charge in [0.15, 0.2) is 0 Å². The van der Waals surface area contributed by atoms with Gasteiger partial charge in [0.2, 0.25) is 0 Å². The van der Waals surface area contributed by atoms with E-state index in [2.05, 4.69) is 4.99 Å². The quantitative estimate of drug-likeness (QED) is 0.482. The van der Waals surface area contributed by atoms with Crippen LogP contribution in [-0.2, 0) is 0 Å². The zero-order valence-corrected chi connectivity index (χ0v) is 12.5. The minimum atomic E-state index is -0.829. The molecule has 0 N–H and O–H groups in total. The molecule has 0 unspecified atom stereocenters. The average molecular weight is 335 g/mol. The monoisotopic (exact) mass is 334 g/mol. The van der Waals surface area contributed by atoms with Crippen LogP contribution in [0, 0.1) is 27.2 Å². The summed E-state index contributed by atoms with van der Waals surface area (Å²) in [6.45, 7) is 1.52. The summed E-state index contributed by atoms with van der Waals surface area (Å²) in [6.07, 6.45) is 1.10. The molecule has 0 aliphatic carbocycles. The highest BCUT2D eigenvalue weighted by Crippen LogP contribution is 2.31. The first-order valence-corrected chi connectivity index (χ1v) is 6.62. The topological polar surface area (TPSA) is 122 Å². The van der Waals surface area contributed by atoms with E-state index < -0.39 is 21.3 Å². The summed E-state index contributed by atoms with van der Waals surface area (Å²) >= 11 is 5.75. The Kier molecular flexibility index (Phi) is 4.56. The van der Waals surface area contributed by atoms with Gasteiger partial charge in [0, 0.05) is 23.4 Å². The van der Waals surface area contributed by atoms with Gasteiger partial charge in [0.05, 0.1) is 21.1 Å². The van der Waals surface area contributed by atoms with Crippen molar-refractivity contribution in [1.29, 1.82) is 0 Å². The van der Waals surface area contributed by atoms with Gasteiger partial charge in [-0.25, -0.2) is 0 Å². The van der Waals surface area contributed by atoms with Crippen LogP contribution in [0.25, 0.3) is 0 Å². The second kappa shape index (κ2) is 6.41. The maximum Gasteiger partial charge on any atom is 0.274 e. The third-order valence-electron chi connectivity index (χ3n) is 3.08. The Morgan fingerprint density at radius 2 is 1.78 bits per heavy atom. The number of halogens is 1. The highest BCUT2D eigenvalue weighted by molar-refractivity contribution is 6.31. The van der Waals surface area contributed by atoms with Crippen LogP contribution in [-0.4, -0.2) is 16.1 Å². The van der Waals surface area contributed by atoms with Gasteiger partial charge in [-0.1, -0.05) is 17.7 Å². The number of rotatable bonds is 4. The second-order valence-electron chi connectivity index (χ2n) is 4.54. The third-order valence-corrected chi connectivity index (χ3v) is 3.29. The van der Waals surface area contributed by atoms with E-state index in [1.165, 1.54) is 31.2 Å². The van der Waals surface area contributed by atoms with E-state index in [-0.39, 0.29) is 22.0 Å². The first-order valence-electron chi connectivity index (χ1n) is 6.24. The second-order valence-corrected chi connectivity index (χ2v) is 4.97. The lowest BCUT2D eigenvalue weighted by Crippen LogP contribution is -2.02. The number of aliphatic imine (C=N–C) groups is 1. The number of nitro benzene ring substituents is 2. The van der Waals surface area contributed by atoms with Gasteiger partial charge in [-0.15, -0.1) is 0 Å². The maximum atomic E-state index is 11.9. The Balaban J connectivity index is 2.48. The first-order chi connectivity index (χ1) is 10.8. The highest BCUT2D eigenvalue weighted by Gasteiger charge is 2.13. The fraction of sp³-hybridized carbons (Fsp3) is 0.0714. The van der Waals surface area contributed by atoms with Crippen LogP contribution in [0.2, 0.25) is 5.02 Å². The molecule has 23 heavy (non-hydrogen) atoms. The predicted molar refractivity (Wildman–Crippen MR) is 82.6 cm³/mol. The Morgan fingerprint density at radius 1 is 1.13 bits per heavy atom. The molecule has 0 saturated heterocycles. The van der Waals surface area contributed by atoms with Crippen LogP contribution < -0.4 is 5.11 Å². The molecule has 9 heteroatoms. The minimum Gasteiger partial charge on any atom is -0.867 e. The molecular formula is C14H9ClN3O5-. The maximum absolute atomic E-state index is 11.9. The van der Waals surface area contributed by atoms with Crippen molar-refractivity contribution in [3.63, 3.8) is 0 Å². The van der Waals surface area contributed by atoms with Crippen LogP contribution >= 0.6 is 11.6 Å². The lowest BCUT2D eigenvalue weighted by molar-refractivity contribution is -0.398. The van der Waals surface area contributed by atoms with Gasteiger partial charge in [0.1, 0.15) is 0 Å². The summed E-state index contributed by atoms with van der Waals surface area (Å²) in [6, 6.07) is 6.52. The Morgan fingerprint density at radius 3 is 2.39 bits per heavy atom. The van der Waals surface area contributed by atoms with E-state index in [9.17, 15) is 25.3 Å². The summed E-state index contributed by atoms with van der Waals surface area (Å²) in [4.78, 5) is 24.3. The smallest absolute Gasteiger partial charge is 0.274 e. The molecule has 2 aromatic rings. The van der Waals surface area contributed by atoms with Crippen LogP contribution in [0.4, 0.5) is 17.1 Å². The molecule has 0 spiro atoms. The zero-order chi connectivity index (χ0) is 17.1. The lowest BCUT2D eigenvalue weighted by atomic mass is 10.1. The third kappa shape index (κ3) is 3.43. The summed E-state index contributed by atoms with van der Waals surface area (Å²) < 4.78 is 0. The number of nitro groups is 2. The molecule has 0 saturated carbocycles. The van der Waals surface area contributed by atoms with Crippen molar-refractivity contribution >= 4 is 34.9 Å². The van der Waals surface area contributed by atoms with Crippen molar-refractivity contribution in [2.45, 2.75) is 6.92 Å². The van der Waals surface area contributed by atoms with Gasteiger partial charge < -0.3 is 5.11 Å². The molecule has 0 aromatic heterocycles. The molecule has 2 rings (SSSR count). The summed E-state index contributed by atoms with van der Waals surface area (Å²) in [7, 11) is 0. The summed E-state index contributed by atoms with van der Waals surface area (Å²) in [5.41, 5.74) is -0.247. The van der Waals surface area contributed by atoms with E-state index in [4.69, 9.17) is 11.6 Å². The number of hydrogen-bond donors (Lipinski definition) is 0. The first kappa shape index (κ1) is 16.4. The van der Waals surface area contributed by atoms with E-state index in [1.807, 2.05) is 0 Å². The fourth-order valence-corrected chi connectivity index (χ4v) is 2.14. The molecule has 0 bridgehead atoms. The van der Waals surface area contributed by atoms with Crippen LogP contribution in [0.5, 0.6) is 5.75 Å². The van der Waals surface area contributed by atoms with E-state index in [0.717, 1.165) is 12.3 Å². The summed E-state index contributed by atoms with van der Waals surface area (Å²) in [5.74, 6) is -0.828. The molecule has 0 aliphatic rings. The van der Waals surface area contributed by atoms with Crippen molar-refractivity contribution in [1.82, 2.24) is 0 Å². The van der Waals surface area contributed by atoms with E-state index in [1.54, 1.807) is 0 Å². The molecule has 0 amide bonds. The average Bonchev–Trinajstić information content (AvgIpc) is 2.48. The standard InChI is InChI=1S/C14H10ClN3O5/c1-8-11(3-2-4-12(8)17(20)21)16-7-9-5-10(15)6-13(14(9)19)18(22)23/h2-7,19H,1H3/p-1. The Bertz CT molecular complexity index is 835. The molecule has 0 radical (unpaired) electrons. The highest BCUT2D eigenvalue weighted by atomic mass is 35.5. The van der Waals surface area contributed by atoms with Crippen molar-refractivity contribution in [3.05, 3.63) is 66.7 Å². The summed E-state index contributed by atoms with van der Waals surface area (Å²) in [5, 5.41) is 33.6. The molecule has 0 atom stereocenters. The van der Waals surface area contributed by atoms with Crippen LogP contribution in [0.15, 0.2) is 35.3 Å². The molecule has 0 aliphatic heterocycles. The largest absolute Gasteiger partial charge is 0.867 e. The van der Waals surface area contributed by atoms with Gasteiger partial charge in [-0.3, -0.25) is 25.2 Å². The fourth-order valence-electron chi connectivity index (χ4n) is 1.92. The normalized spacial score (nSPS) is 10.9. The van der Waals surface area contributed by atoms with Crippen molar-refractivity contribution in [2.24, 2.45) is 4.99 Å². The van der Waals surface area contributed by atoms with Crippen molar-refractivity contribution in [3.8, 4) is 5.75 Å². The SMILES string of the molecule is Cc1c(N=Cc2cc(Cl)cc([N+](=O)[O-])c2[O-])cccc1[N+](=O)[O-]. The number of benzene rings is 2. The molecule has 0 heterocycles. The molecule has 2 aromatic carbocycles. The van der Waals surface area contributed by atoms with Gasteiger partial charge in [-0.05, 0) is 30.4 Å². The Hall–Kier alpha value is -3.00. The molecule has 8 nitrogen and oxygen atoms in total. The van der Waals surface area contributed by atoms with E-state index in [0.29, 0.717) is 5.56 Å². The lowest BCUT2D eigenvalue weighted by Gasteiger charge is -2.11. The minimum absolute atomic E-state index is 0.0218. The van der Waals surface area contributed by atoms with Crippen molar-refractivity contribution in [2.75, 3.05) is 0 Å². The molecular weight excluding hydrogens is 326 g/mol. The Labute approximate surface area is 135 Å². The van der Waals surface area contributed by atoms with Crippen LogP contribution in [0.1, 0.15) is 11.1 Å². The molecule has 118 valence electrons. The molecule has 0 fully saturated rings. The predicted octanol–water partition coefficient (Wildman–Crippen LogP) is 3.29. The van der Waals surface area contributed by atoms with E-state index >= 15 is 0 Å². The number of nitrogens with zero attached hydrogens (tertiary/aromatic N) is 3. The van der Waals surface area contributed by atoms with Crippen LogP contribution in [0.3, 0.4) is 0 Å². The zero-order valence-electron chi connectivity index (χ0n) is 11.7. The van der Waals surface area contributed by atoms with Gasteiger partial charge in [0.25, 0.3) is 11.4 Å². The van der Waals surface area contributed by atoms with Gasteiger partial charge >= 0.3 is 0 Å². The number of hydrogen-bond acceptors (Lipinski definition) is 6.